The van der Waals surface area contributed by atoms with Crippen molar-refractivity contribution in [3.63, 3.8) is 0 Å². The van der Waals surface area contributed by atoms with Crippen LogP contribution in [0.25, 0.3) is 0 Å². The second-order valence-electron chi connectivity index (χ2n) is 5.90. The van der Waals surface area contributed by atoms with Gasteiger partial charge in [-0.15, -0.1) is 24.0 Å². The van der Waals surface area contributed by atoms with E-state index < -0.39 is 0 Å². The molecule has 2 rings (SSSR count). The molecule has 0 aliphatic carbocycles. The van der Waals surface area contributed by atoms with E-state index in [0.29, 0.717) is 24.6 Å². The van der Waals surface area contributed by atoms with Crippen molar-refractivity contribution in [1.29, 1.82) is 0 Å². The molecule has 1 unspecified atom stereocenters. The smallest absolute Gasteiger partial charge is 0.191 e. The van der Waals surface area contributed by atoms with Crippen molar-refractivity contribution in [3.8, 4) is 11.5 Å². The van der Waals surface area contributed by atoms with E-state index in [1.165, 1.54) is 0 Å². The van der Waals surface area contributed by atoms with Gasteiger partial charge in [-0.3, -0.25) is 0 Å². The van der Waals surface area contributed by atoms with E-state index in [4.69, 9.17) is 14.2 Å². The maximum atomic E-state index is 5.61. The molecule has 0 amide bonds. The van der Waals surface area contributed by atoms with Gasteiger partial charge in [0.15, 0.2) is 17.5 Å². The highest BCUT2D eigenvalue weighted by atomic mass is 127. The Balaban J connectivity index is 0.00000392. The highest BCUT2D eigenvalue weighted by molar-refractivity contribution is 14.0. The molecule has 0 saturated carbocycles. The van der Waals surface area contributed by atoms with Gasteiger partial charge in [-0.2, -0.15) is 0 Å². The van der Waals surface area contributed by atoms with Crippen molar-refractivity contribution < 1.29 is 14.2 Å². The minimum atomic E-state index is -0.0452. The molecule has 0 bridgehead atoms. The van der Waals surface area contributed by atoms with Crippen LogP contribution in [0, 0.1) is 0 Å². The zero-order valence-electron chi connectivity index (χ0n) is 16.9. The van der Waals surface area contributed by atoms with Gasteiger partial charge in [-0.1, -0.05) is 36.4 Å². The summed E-state index contributed by atoms with van der Waals surface area (Å²) < 4.78 is 16.2. The Morgan fingerprint density at radius 1 is 0.964 bits per heavy atom. The number of hydrogen-bond acceptors (Lipinski definition) is 4. The van der Waals surface area contributed by atoms with E-state index in [0.717, 1.165) is 23.6 Å². The molecule has 2 aromatic rings. The topological polar surface area (TPSA) is 64.1 Å². The van der Waals surface area contributed by atoms with Gasteiger partial charge < -0.3 is 24.8 Å². The van der Waals surface area contributed by atoms with Crippen LogP contribution in [0.15, 0.2) is 53.5 Å². The molecule has 7 heteroatoms. The molecule has 0 spiro atoms. The highest BCUT2D eigenvalue weighted by Crippen LogP contribution is 2.27. The number of rotatable bonds is 9. The van der Waals surface area contributed by atoms with Crippen molar-refractivity contribution in [2.45, 2.75) is 19.6 Å². The lowest BCUT2D eigenvalue weighted by Crippen LogP contribution is -2.39. The third-order valence-electron chi connectivity index (χ3n) is 4.12. The van der Waals surface area contributed by atoms with Crippen LogP contribution < -0.4 is 20.1 Å². The predicted molar refractivity (Wildman–Crippen MR) is 124 cm³/mol. The van der Waals surface area contributed by atoms with Crippen LogP contribution >= 0.6 is 24.0 Å². The van der Waals surface area contributed by atoms with E-state index in [9.17, 15) is 0 Å². The lowest BCUT2D eigenvalue weighted by atomic mass is 10.1. The molecule has 0 aliphatic rings. The van der Waals surface area contributed by atoms with Crippen LogP contribution in [0.3, 0.4) is 0 Å². The van der Waals surface area contributed by atoms with Crippen molar-refractivity contribution in [2.75, 3.05) is 34.4 Å². The molecule has 1 atom stereocenters. The average Bonchev–Trinajstić information content (AvgIpc) is 2.72. The molecule has 0 radical (unpaired) electrons. The molecule has 0 saturated heterocycles. The molecular weight excluding hydrogens is 469 g/mol. The number of methoxy groups -OCH3 is 3. The zero-order valence-corrected chi connectivity index (χ0v) is 19.2. The standard InChI is InChI=1S/C21H29N3O3.HI/c1-5-22-21(24-15-20(27-4)17-9-7-6-8-10-17)23-14-16-11-12-18(25-2)19(13-16)26-3;/h6-13,20H,5,14-15H2,1-4H3,(H2,22,23,24);1H. The van der Waals surface area contributed by atoms with Crippen LogP contribution in [0.4, 0.5) is 0 Å². The van der Waals surface area contributed by atoms with Crippen molar-refractivity contribution in [2.24, 2.45) is 4.99 Å². The quantitative estimate of drug-likeness (QED) is 0.313. The summed E-state index contributed by atoms with van der Waals surface area (Å²) in [5.74, 6) is 2.15. The van der Waals surface area contributed by atoms with Gasteiger partial charge in [-0.25, -0.2) is 4.99 Å². The Morgan fingerprint density at radius 3 is 2.29 bits per heavy atom. The normalized spacial score (nSPS) is 11.9. The molecule has 0 aromatic heterocycles. The van der Waals surface area contributed by atoms with Gasteiger partial charge >= 0.3 is 0 Å². The number of benzene rings is 2. The summed E-state index contributed by atoms with van der Waals surface area (Å²) in [4.78, 5) is 4.66. The number of nitrogens with zero attached hydrogens (tertiary/aromatic N) is 1. The van der Waals surface area contributed by atoms with E-state index in [-0.39, 0.29) is 30.1 Å². The van der Waals surface area contributed by atoms with E-state index in [2.05, 4.69) is 27.8 Å². The first-order chi connectivity index (χ1) is 13.2. The molecule has 0 heterocycles. The minimum absolute atomic E-state index is 0. The fourth-order valence-electron chi connectivity index (χ4n) is 2.69. The van der Waals surface area contributed by atoms with Crippen molar-refractivity contribution in [1.82, 2.24) is 10.6 Å². The first-order valence-corrected chi connectivity index (χ1v) is 9.02. The molecule has 28 heavy (non-hydrogen) atoms. The first kappa shape index (κ1) is 24.0. The molecular formula is C21H30IN3O3. The predicted octanol–water partition coefficient (Wildman–Crippen LogP) is 3.76. The summed E-state index contributed by atoms with van der Waals surface area (Å²) in [6.07, 6.45) is -0.0452. The molecule has 6 nitrogen and oxygen atoms in total. The van der Waals surface area contributed by atoms with Crippen molar-refractivity contribution >= 4 is 29.9 Å². The number of guanidine groups is 1. The van der Waals surface area contributed by atoms with Crippen LogP contribution in [0.1, 0.15) is 24.2 Å². The van der Waals surface area contributed by atoms with Gasteiger partial charge in [0.2, 0.25) is 0 Å². The first-order valence-electron chi connectivity index (χ1n) is 9.02. The zero-order chi connectivity index (χ0) is 19.5. The van der Waals surface area contributed by atoms with Gasteiger partial charge in [0.25, 0.3) is 0 Å². The molecule has 0 fully saturated rings. The number of halogens is 1. The second-order valence-corrected chi connectivity index (χ2v) is 5.90. The third-order valence-corrected chi connectivity index (χ3v) is 4.12. The maximum absolute atomic E-state index is 5.61. The van der Waals surface area contributed by atoms with Crippen molar-refractivity contribution in [3.05, 3.63) is 59.7 Å². The lowest BCUT2D eigenvalue weighted by molar-refractivity contribution is 0.106. The fraction of sp³-hybridized carbons (Fsp3) is 0.381. The summed E-state index contributed by atoms with van der Waals surface area (Å²) in [5, 5.41) is 6.61. The summed E-state index contributed by atoms with van der Waals surface area (Å²) >= 11 is 0. The summed E-state index contributed by atoms with van der Waals surface area (Å²) in [5.41, 5.74) is 2.17. The van der Waals surface area contributed by atoms with E-state index >= 15 is 0 Å². The van der Waals surface area contributed by atoms with Gasteiger partial charge in [0, 0.05) is 20.2 Å². The maximum Gasteiger partial charge on any atom is 0.191 e. The Bertz CT molecular complexity index is 726. The largest absolute Gasteiger partial charge is 0.493 e. The average molecular weight is 499 g/mol. The lowest BCUT2D eigenvalue weighted by Gasteiger charge is -2.18. The Morgan fingerprint density at radius 2 is 1.68 bits per heavy atom. The summed E-state index contributed by atoms with van der Waals surface area (Å²) in [6.45, 7) is 3.97. The van der Waals surface area contributed by atoms with Crippen LogP contribution in [0.2, 0.25) is 0 Å². The second kappa shape index (κ2) is 13.2. The van der Waals surface area contributed by atoms with Gasteiger partial charge in [-0.05, 0) is 30.2 Å². The monoisotopic (exact) mass is 499 g/mol. The van der Waals surface area contributed by atoms with E-state index in [1.54, 1.807) is 21.3 Å². The summed E-state index contributed by atoms with van der Waals surface area (Å²) in [6, 6.07) is 15.9. The number of ether oxygens (including phenoxy) is 3. The summed E-state index contributed by atoms with van der Waals surface area (Å²) in [7, 11) is 4.97. The van der Waals surface area contributed by atoms with Gasteiger partial charge in [0.05, 0.1) is 26.9 Å². The molecule has 0 aliphatic heterocycles. The Labute approximate surface area is 184 Å². The van der Waals surface area contributed by atoms with Gasteiger partial charge in [0.1, 0.15) is 0 Å². The van der Waals surface area contributed by atoms with E-state index in [1.807, 2.05) is 43.3 Å². The number of hydrogen-bond donors (Lipinski definition) is 2. The van der Waals surface area contributed by atoms with Crippen LogP contribution in [-0.2, 0) is 11.3 Å². The number of nitrogens with one attached hydrogen (secondary N) is 2. The Hall–Kier alpha value is -2.00. The molecule has 154 valence electrons. The van der Waals surface area contributed by atoms with Crippen LogP contribution in [-0.4, -0.2) is 40.4 Å². The highest BCUT2D eigenvalue weighted by Gasteiger charge is 2.11. The minimum Gasteiger partial charge on any atom is -0.493 e. The number of aliphatic imine (C=N–C) groups is 1. The molecule has 2 aromatic carbocycles. The SMILES string of the molecule is CCNC(=NCc1ccc(OC)c(OC)c1)NCC(OC)c1ccccc1.I. The third kappa shape index (κ3) is 7.20. The Kier molecular flexibility index (Phi) is 11.4. The molecule has 2 N–H and O–H groups in total. The van der Waals surface area contributed by atoms with Crippen LogP contribution in [0.5, 0.6) is 11.5 Å². The fourth-order valence-corrected chi connectivity index (χ4v) is 2.69.